The maximum absolute atomic E-state index is 11.8. The molecule has 1 aromatic rings. The van der Waals surface area contributed by atoms with Crippen molar-refractivity contribution in [1.82, 2.24) is 5.32 Å². The number of para-hydroxylation sites is 2. The van der Waals surface area contributed by atoms with E-state index in [0.29, 0.717) is 18.0 Å². The quantitative estimate of drug-likeness (QED) is 0.802. The Balaban J connectivity index is 1.74. The topological polar surface area (TPSA) is 73.6 Å². The normalized spacial score (nSPS) is 17.4. The van der Waals surface area contributed by atoms with Gasteiger partial charge in [0.05, 0.1) is 5.69 Å². The largest absolute Gasteiger partial charge is 0.482 e. The van der Waals surface area contributed by atoms with Crippen molar-refractivity contribution in [3.05, 3.63) is 24.3 Å². The average molecular weight is 278 g/mol. The van der Waals surface area contributed by atoms with Crippen LogP contribution in [0.2, 0.25) is 0 Å². The minimum absolute atomic E-state index is 0.0131. The molecule has 0 bridgehead atoms. The smallest absolute Gasteiger partial charge is 0.257 e. The molecule has 1 aliphatic heterocycles. The third kappa shape index (κ3) is 4.13. The second-order valence-corrected chi connectivity index (χ2v) is 5.53. The fourth-order valence-electron chi connectivity index (χ4n) is 2.16. The lowest BCUT2D eigenvalue weighted by Crippen LogP contribution is -2.41. The number of anilines is 1. The highest BCUT2D eigenvalue weighted by molar-refractivity contribution is 5.77. The fraction of sp³-hybridized carbons (Fsp3) is 0.533. The molecule has 0 unspecified atom stereocenters. The van der Waals surface area contributed by atoms with Crippen LogP contribution in [0.4, 0.5) is 5.69 Å². The molecule has 1 saturated heterocycles. The van der Waals surface area contributed by atoms with Gasteiger partial charge in [-0.1, -0.05) is 19.1 Å². The molecule has 2 rings (SSSR count). The molecule has 1 amide bonds. The molecule has 0 spiro atoms. The van der Waals surface area contributed by atoms with Gasteiger partial charge in [-0.05, 0) is 30.4 Å². The molecule has 1 fully saturated rings. The van der Waals surface area contributed by atoms with E-state index >= 15 is 0 Å². The van der Waals surface area contributed by atoms with E-state index in [1.54, 1.807) is 12.1 Å². The van der Waals surface area contributed by atoms with E-state index in [9.17, 15) is 4.79 Å². The predicted octanol–water partition coefficient (Wildman–Crippen LogP) is 1.58. The molecule has 5 heteroatoms. The second kappa shape index (κ2) is 6.61. The summed E-state index contributed by atoms with van der Waals surface area (Å²) in [5, 5.41) is 2.92. The van der Waals surface area contributed by atoms with Gasteiger partial charge in [0.1, 0.15) is 5.75 Å². The highest BCUT2D eigenvalue weighted by Gasteiger charge is 2.27. The molecule has 20 heavy (non-hydrogen) atoms. The summed E-state index contributed by atoms with van der Waals surface area (Å²) in [5.74, 6) is 0.417. The first-order valence-electron chi connectivity index (χ1n) is 6.91. The Bertz CT molecular complexity index is 456. The average Bonchev–Trinajstić information content (AvgIpc) is 2.45. The Kier molecular flexibility index (Phi) is 4.84. The molecule has 1 aromatic carbocycles. The number of benzene rings is 1. The van der Waals surface area contributed by atoms with Crippen molar-refractivity contribution < 1.29 is 14.3 Å². The van der Waals surface area contributed by atoms with Crippen molar-refractivity contribution in [2.45, 2.75) is 19.8 Å². The van der Waals surface area contributed by atoms with Gasteiger partial charge in [-0.15, -0.1) is 0 Å². The number of nitrogens with one attached hydrogen (secondary N) is 1. The molecule has 1 heterocycles. The van der Waals surface area contributed by atoms with Crippen LogP contribution in [0.5, 0.6) is 5.75 Å². The number of hydrogen-bond acceptors (Lipinski definition) is 4. The zero-order valence-corrected chi connectivity index (χ0v) is 11.9. The number of carbonyl (C=O) groups excluding carboxylic acids is 1. The van der Waals surface area contributed by atoms with Gasteiger partial charge in [-0.25, -0.2) is 0 Å². The van der Waals surface area contributed by atoms with E-state index in [4.69, 9.17) is 15.2 Å². The Morgan fingerprint density at radius 3 is 2.80 bits per heavy atom. The van der Waals surface area contributed by atoms with Crippen LogP contribution in [0.15, 0.2) is 24.3 Å². The Labute approximate surface area is 119 Å². The summed E-state index contributed by atoms with van der Waals surface area (Å²) in [5.41, 5.74) is 6.41. The lowest BCUT2D eigenvalue weighted by Gasteiger charge is -2.33. The molecule has 0 aromatic heterocycles. The third-order valence-electron chi connectivity index (χ3n) is 3.69. The van der Waals surface area contributed by atoms with Gasteiger partial charge < -0.3 is 20.5 Å². The van der Waals surface area contributed by atoms with Gasteiger partial charge in [0.15, 0.2) is 6.61 Å². The molecule has 0 atom stereocenters. The van der Waals surface area contributed by atoms with Gasteiger partial charge in [0.2, 0.25) is 0 Å². The molecule has 0 saturated carbocycles. The fourth-order valence-corrected chi connectivity index (χ4v) is 2.16. The van der Waals surface area contributed by atoms with Gasteiger partial charge in [-0.2, -0.15) is 0 Å². The number of ether oxygens (including phenoxy) is 2. The molecular formula is C15H22N2O3. The highest BCUT2D eigenvalue weighted by atomic mass is 16.5. The van der Waals surface area contributed by atoms with Crippen LogP contribution < -0.4 is 15.8 Å². The maximum Gasteiger partial charge on any atom is 0.257 e. The minimum Gasteiger partial charge on any atom is -0.482 e. The minimum atomic E-state index is -0.124. The highest BCUT2D eigenvalue weighted by Crippen LogP contribution is 2.28. The van der Waals surface area contributed by atoms with Crippen LogP contribution in [0.3, 0.4) is 0 Å². The number of hydrogen-bond donors (Lipinski definition) is 2. The summed E-state index contributed by atoms with van der Waals surface area (Å²) in [6, 6.07) is 7.15. The summed E-state index contributed by atoms with van der Waals surface area (Å²) in [4.78, 5) is 11.8. The second-order valence-electron chi connectivity index (χ2n) is 5.53. The van der Waals surface area contributed by atoms with E-state index in [1.165, 1.54) is 0 Å². The predicted molar refractivity (Wildman–Crippen MR) is 77.5 cm³/mol. The van der Waals surface area contributed by atoms with Crippen LogP contribution >= 0.6 is 0 Å². The van der Waals surface area contributed by atoms with Crippen LogP contribution in [0, 0.1) is 5.41 Å². The van der Waals surface area contributed by atoms with Crippen molar-refractivity contribution in [2.75, 3.05) is 32.1 Å². The van der Waals surface area contributed by atoms with Crippen molar-refractivity contribution in [3.8, 4) is 5.75 Å². The molecular weight excluding hydrogens is 256 g/mol. The van der Waals surface area contributed by atoms with Gasteiger partial charge in [0, 0.05) is 19.8 Å². The van der Waals surface area contributed by atoms with E-state index in [0.717, 1.165) is 26.1 Å². The number of amides is 1. The lowest BCUT2D eigenvalue weighted by atomic mass is 9.82. The Morgan fingerprint density at radius 1 is 1.40 bits per heavy atom. The van der Waals surface area contributed by atoms with Crippen LogP contribution in [-0.4, -0.2) is 32.3 Å². The monoisotopic (exact) mass is 278 g/mol. The van der Waals surface area contributed by atoms with Crippen molar-refractivity contribution >= 4 is 11.6 Å². The van der Waals surface area contributed by atoms with Crippen LogP contribution in [0.1, 0.15) is 19.8 Å². The first-order valence-corrected chi connectivity index (χ1v) is 6.91. The standard InChI is InChI=1S/C15H22N2O3/c1-15(6-8-19-9-7-15)11-17-14(18)10-20-13-5-3-2-4-12(13)16/h2-5H,6-11,16H2,1H3,(H,17,18). The van der Waals surface area contributed by atoms with Gasteiger partial charge in [-0.3, -0.25) is 4.79 Å². The van der Waals surface area contributed by atoms with Crippen molar-refractivity contribution in [1.29, 1.82) is 0 Å². The van der Waals surface area contributed by atoms with E-state index < -0.39 is 0 Å². The number of nitrogen functional groups attached to an aromatic ring is 1. The summed E-state index contributed by atoms with van der Waals surface area (Å²) in [7, 11) is 0. The lowest BCUT2D eigenvalue weighted by molar-refractivity contribution is -0.123. The summed E-state index contributed by atoms with van der Waals surface area (Å²) >= 11 is 0. The third-order valence-corrected chi connectivity index (χ3v) is 3.69. The Hall–Kier alpha value is -1.75. The first kappa shape index (κ1) is 14.7. The summed E-state index contributed by atoms with van der Waals surface area (Å²) in [6.45, 7) is 4.35. The molecule has 5 nitrogen and oxygen atoms in total. The van der Waals surface area contributed by atoms with E-state index in [-0.39, 0.29) is 17.9 Å². The van der Waals surface area contributed by atoms with E-state index in [2.05, 4.69) is 12.2 Å². The van der Waals surface area contributed by atoms with Crippen molar-refractivity contribution in [2.24, 2.45) is 5.41 Å². The zero-order valence-electron chi connectivity index (χ0n) is 11.9. The number of nitrogens with two attached hydrogens (primary N) is 1. The SMILES string of the molecule is CC1(CNC(=O)COc2ccccc2N)CCOCC1. The van der Waals surface area contributed by atoms with E-state index in [1.807, 2.05) is 12.1 Å². The van der Waals surface area contributed by atoms with Crippen LogP contribution in [0.25, 0.3) is 0 Å². The number of carbonyl (C=O) groups is 1. The summed E-state index contributed by atoms with van der Waals surface area (Å²) in [6.07, 6.45) is 1.94. The molecule has 3 N–H and O–H groups in total. The van der Waals surface area contributed by atoms with Gasteiger partial charge in [0.25, 0.3) is 5.91 Å². The molecule has 0 aliphatic carbocycles. The maximum atomic E-state index is 11.8. The first-order chi connectivity index (χ1) is 9.59. The van der Waals surface area contributed by atoms with Crippen molar-refractivity contribution in [3.63, 3.8) is 0 Å². The molecule has 1 aliphatic rings. The number of rotatable bonds is 5. The molecule has 110 valence electrons. The molecule has 0 radical (unpaired) electrons. The van der Waals surface area contributed by atoms with Gasteiger partial charge >= 0.3 is 0 Å². The summed E-state index contributed by atoms with van der Waals surface area (Å²) < 4.78 is 10.7. The van der Waals surface area contributed by atoms with Crippen LogP contribution in [-0.2, 0) is 9.53 Å². The Morgan fingerprint density at radius 2 is 2.10 bits per heavy atom. The zero-order chi connectivity index (χ0) is 14.4.